The molecule has 0 amide bonds. The lowest BCUT2D eigenvalue weighted by molar-refractivity contribution is -0.0459. The first-order valence-corrected chi connectivity index (χ1v) is 7.97. The van der Waals surface area contributed by atoms with Gasteiger partial charge < -0.3 is 19.7 Å². The molecule has 1 aliphatic rings. The van der Waals surface area contributed by atoms with Crippen LogP contribution in [0.2, 0.25) is 0 Å². The molecule has 3 rings (SSSR count). The first kappa shape index (κ1) is 17.5. The maximum Gasteiger partial charge on any atom is 0.348 e. The molecule has 3 atom stereocenters. The molecule has 9 heteroatoms. The minimum Gasteiger partial charge on any atom is -0.423 e. The van der Waals surface area contributed by atoms with Gasteiger partial charge in [-0.05, 0) is 12.1 Å². The van der Waals surface area contributed by atoms with Crippen LogP contribution in [0, 0.1) is 4.64 Å². The van der Waals surface area contributed by atoms with Crippen molar-refractivity contribution in [3.05, 3.63) is 57.2 Å². The Balaban J connectivity index is 1.90. The van der Waals surface area contributed by atoms with Gasteiger partial charge in [-0.15, -0.1) is 0 Å². The molecule has 0 saturated carbocycles. The van der Waals surface area contributed by atoms with Gasteiger partial charge in [-0.25, -0.2) is 9.59 Å². The number of H-pyrrole nitrogens is 1. The molecule has 1 fully saturated rings. The predicted octanol–water partition coefficient (Wildman–Crippen LogP) is 0.766. The van der Waals surface area contributed by atoms with Crippen LogP contribution in [-0.4, -0.2) is 44.5 Å². The number of benzene rings is 1. The smallest absolute Gasteiger partial charge is 0.348 e. The summed E-state index contributed by atoms with van der Waals surface area (Å²) >= 11 is 5.04. The molecular weight excluding hydrogens is 348 g/mol. The molecule has 25 heavy (non-hydrogen) atoms. The summed E-state index contributed by atoms with van der Waals surface area (Å²) < 4.78 is 11.7. The van der Waals surface area contributed by atoms with Crippen molar-refractivity contribution >= 4 is 18.2 Å². The molecule has 1 aliphatic heterocycles. The third kappa shape index (κ3) is 3.69. The Morgan fingerprint density at radius 2 is 2.12 bits per heavy atom. The van der Waals surface area contributed by atoms with E-state index in [9.17, 15) is 14.7 Å². The van der Waals surface area contributed by atoms with Gasteiger partial charge in [0.15, 0.2) is 0 Å². The zero-order chi connectivity index (χ0) is 18.0. The number of ether oxygens (including phenoxy) is 2. The third-order valence-corrected chi connectivity index (χ3v) is 4.16. The largest absolute Gasteiger partial charge is 0.423 e. The minimum atomic E-state index is -0.912. The van der Waals surface area contributed by atoms with Crippen LogP contribution in [0.25, 0.3) is 0 Å². The molecule has 0 unspecified atom stereocenters. The maximum atomic E-state index is 12.3. The lowest BCUT2D eigenvalue weighted by atomic mass is 10.2. The molecule has 0 spiro atoms. The number of aromatic amines is 1. The Bertz CT molecular complexity index is 878. The van der Waals surface area contributed by atoms with Crippen molar-refractivity contribution in [2.45, 2.75) is 24.9 Å². The van der Waals surface area contributed by atoms with E-state index in [1.807, 2.05) is 0 Å². The zero-order valence-corrected chi connectivity index (χ0v) is 13.8. The third-order valence-electron chi connectivity index (χ3n) is 3.84. The number of aliphatic hydroxyl groups excluding tert-OH is 2. The summed E-state index contributed by atoms with van der Waals surface area (Å²) in [6.45, 7) is -0.377. The number of para-hydroxylation sites is 1. The quantitative estimate of drug-likeness (QED) is 0.417. The highest BCUT2D eigenvalue weighted by molar-refractivity contribution is 7.71. The van der Waals surface area contributed by atoms with E-state index >= 15 is 0 Å². The fraction of sp³-hybridized carbons (Fsp3) is 0.312. The van der Waals surface area contributed by atoms with E-state index in [0.29, 0.717) is 5.75 Å². The zero-order valence-electron chi connectivity index (χ0n) is 13.0. The standard InChI is InChI=1S/C16H16N2O6S/c19-8-12-11(20)6-13(24-12)18-7-10(14(25)17-16(18)22)15(21)23-9-4-2-1-3-5-9/h1-5,7,11-13,19-20H,6,8H2,(H,17,22,25)/t11-,12+,13+/m0/s1. The number of carbonyl (C=O) groups excluding carboxylic acids is 1. The van der Waals surface area contributed by atoms with Crippen molar-refractivity contribution in [1.82, 2.24) is 9.55 Å². The number of hydrogen-bond acceptors (Lipinski definition) is 7. The van der Waals surface area contributed by atoms with E-state index in [4.69, 9.17) is 26.8 Å². The van der Waals surface area contributed by atoms with Crippen LogP contribution in [0.15, 0.2) is 41.3 Å². The molecule has 1 aromatic heterocycles. The van der Waals surface area contributed by atoms with Gasteiger partial charge in [0.25, 0.3) is 0 Å². The SMILES string of the molecule is O=C(Oc1ccccc1)c1cn([C@H]2C[C@H](O)[C@@H](CO)O2)c(=O)[nH]c1=S. The molecule has 1 aromatic carbocycles. The van der Waals surface area contributed by atoms with Crippen LogP contribution in [0.4, 0.5) is 0 Å². The van der Waals surface area contributed by atoms with Crippen molar-refractivity contribution in [3.63, 3.8) is 0 Å². The van der Waals surface area contributed by atoms with Crippen molar-refractivity contribution in [1.29, 1.82) is 0 Å². The minimum absolute atomic E-state index is 0.0102. The van der Waals surface area contributed by atoms with Gasteiger partial charge in [0.2, 0.25) is 0 Å². The fourth-order valence-corrected chi connectivity index (χ4v) is 2.77. The second kappa shape index (κ2) is 7.28. The van der Waals surface area contributed by atoms with Crippen molar-refractivity contribution < 1.29 is 24.5 Å². The molecule has 3 N–H and O–H groups in total. The highest BCUT2D eigenvalue weighted by Gasteiger charge is 2.35. The predicted molar refractivity (Wildman–Crippen MR) is 88.9 cm³/mol. The Hall–Kier alpha value is -2.33. The first-order chi connectivity index (χ1) is 12.0. The van der Waals surface area contributed by atoms with E-state index in [1.54, 1.807) is 30.3 Å². The monoisotopic (exact) mass is 364 g/mol. The Morgan fingerprint density at radius 3 is 2.76 bits per heavy atom. The second-order valence-electron chi connectivity index (χ2n) is 5.53. The van der Waals surface area contributed by atoms with E-state index in [1.165, 1.54) is 6.20 Å². The van der Waals surface area contributed by atoms with Gasteiger partial charge in [-0.1, -0.05) is 30.4 Å². The molecule has 0 radical (unpaired) electrons. The highest BCUT2D eigenvalue weighted by atomic mass is 32.1. The summed E-state index contributed by atoms with van der Waals surface area (Å²) in [7, 11) is 0. The number of nitrogens with one attached hydrogen (secondary N) is 1. The maximum absolute atomic E-state index is 12.3. The fourth-order valence-electron chi connectivity index (χ4n) is 2.55. The van der Waals surface area contributed by atoms with Crippen LogP contribution >= 0.6 is 12.2 Å². The van der Waals surface area contributed by atoms with E-state index in [0.717, 1.165) is 4.57 Å². The highest BCUT2D eigenvalue weighted by Crippen LogP contribution is 2.27. The summed E-state index contributed by atoms with van der Waals surface area (Å²) in [5.41, 5.74) is -0.596. The summed E-state index contributed by atoms with van der Waals surface area (Å²) in [5.74, 6) is -0.383. The summed E-state index contributed by atoms with van der Waals surface area (Å²) in [4.78, 5) is 26.9. The Morgan fingerprint density at radius 1 is 1.40 bits per heavy atom. The number of nitrogens with zero attached hydrogens (tertiary/aromatic N) is 1. The molecule has 2 aromatic rings. The lowest BCUT2D eigenvalue weighted by Gasteiger charge is -2.15. The van der Waals surface area contributed by atoms with Crippen molar-refractivity contribution in [2.75, 3.05) is 6.61 Å². The number of rotatable bonds is 4. The van der Waals surface area contributed by atoms with Crippen molar-refractivity contribution in [3.8, 4) is 5.75 Å². The molecule has 132 valence electrons. The number of hydrogen-bond donors (Lipinski definition) is 3. The van der Waals surface area contributed by atoms with Gasteiger partial charge in [-0.3, -0.25) is 9.55 Å². The van der Waals surface area contributed by atoms with Gasteiger partial charge in [0.1, 0.15) is 28.3 Å². The van der Waals surface area contributed by atoms with Crippen LogP contribution in [-0.2, 0) is 4.74 Å². The van der Waals surface area contributed by atoms with E-state index < -0.39 is 30.1 Å². The van der Waals surface area contributed by atoms with Gasteiger partial charge >= 0.3 is 11.7 Å². The van der Waals surface area contributed by atoms with Crippen LogP contribution in [0.5, 0.6) is 5.75 Å². The van der Waals surface area contributed by atoms with E-state index in [-0.39, 0.29) is 23.2 Å². The summed E-state index contributed by atoms with van der Waals surface area (Å²) in [6, 6.07) is 8.44. The average Bonchev–Trinajstić information content (AvgIpc) is 2.96. The molecule has 8 nitrogen and oxygen atoms in total. The Kier molecular flexibility index (Phi) is 5.09. The average molecular weight is 364 g/mol. The normalized spacial score (nSPS) is 22.7. The van der Waals surface area contributed by atoms with Gasteiger partial charge in [-0.2, -0.15) is 0 Å². The molecule has 2 heterocycles. The molecular formula is C16H16N2O6S. The summed E-state index contributed by atoms with van der Waals surface area (Å²) in [5, 5.41) is 19.0. The topological polar surface area (TPSA) is 114 Å². The van der Waals surface area contributed by atoms with Gasteiger partial charge in [0.05, 0.1) is 12.7 Å². The number of carbonyl (C=O) groups is 1. The number of aliphatic hydroxyl groups is 2. The van der Waals surface area contributed by atoms with E-state index in [2.05, 4.69) is 4.98 Å². The number of esters is 1. The first-order valence-electron chi connectivity index (χ1n) is 7.56. The van der Waals surface area contributed by atoms with Gasteiger partial charge in [0, 0.05) is 12.6 Å². The molecule has 0 bridgehead atoms. The Labute approximate surface area is 147 Å². The molecule has 0 aliphatic carbocycles. The second-order valence-corrected chi connectivity index (χ2v) is 5.93. The summed E-state index contributed by atoms with van der Waals surface area (Å²) in [6.07, 6.45) is -1.19. The number of aromatic nitrogens is 2. The van der Waals surface area contributed by atoms with Crippen LogP contribution < -0.4 is 10.4 Å². The lowest BCUT2D eigenvalue weighted by Crippen LogP contribution is -2.29. The molecule has 1 saturated heterocycles. The van der Waals surface area contributed by atoms with Crippen LogP contribution in [0.3, 0.4) is 0 Å². The van der Waals surface area contributed by atoms with Crippen molar-refractivity contribution in [2.24, 2.45) is 0 Å². The van der Waals surface area contributed by atoms with Crippen LogP contribution in [0.1, 0.15) is 23.0 Å².